The first kappa shape index (κ1) is 17.4. The Balaban J connectivity index is 2.30. The Morgan fingerprint density at radius 3 is 2.39 bits per heavy atom. The van der Waals surface area contributed by atoms with Crippen LogP contribution >= 0.6 is 0 Å². The van der Waals surface area contributed by atoms with Crippen molar-refractivity contribution in [1.29, 1.82) is 0 Å². The average molecular weight is 344 g/mol. The molecule has 1 saturated heterocycles. The number of carbonyl (C=O) groups excluding carboxylic acids is 2. The van der Waals surface area contributed by atoms with Gasteiger partial charge in [0.2, 0.25) is 12.2 Å². The van der Waals surface area contributed by atoms with Gasteiger partial charge in [-0.3, -0.25) is 0 Å². The largest absolute Gasteiger partial charge is 0.466 e. The molecule has 126 valence electrons. The first-order valence-corrected chi connectivity index (χ1v) is 8.01. The minimum absolute atomic E-state index is 0.187. The van der Waals surface area contributed by atoms with Gasteiger partial charge in [0.1, 0.15) is 5.60 Å². The van der Waals surface area contributed by atoms with Crippen LogP contribution in [0.2, 0.25) is 0 Å². The highest BCUT2D eigenvalue weighted by atomic mass is 32.2. The molecule has 1 N–H and O–H groups in total. The SMILES string of the molecule is COC(=O)[C@@H]1OC(=O)[C@H](OS(=O)(=O)c2ccc(C)cc2)[C@]1(C)O. The van der Waals surface area contributed by atoms with Crippen molar-refractivity contribution in [3.63, 3.8) is 0 Å². The molecule has 9 heteroatoms. The Kier molecular flexibility index (Phi) is 4.47. The van der Waals surface area contributed by atoms with E-state index in [-0.39, 0.29) is 4.90 Å². The van der Waals surface area contributed by atoms with Crippen molar-refractivity contribution in [2.24, 2.45) is 0 Å². The van der Waals surface area contributed by atoms with Crippen molar-refractivity contribution in [2.45, 2.75) is 36.6 Å². The molecule has 1 aliphatic rings. The number of cyclic esters (lactones) is 1. The lowest BCUT2D eigenvalue weighted by Crippen LogP contribution is -2.50. The highest BCUT2D eigenvalue weighted by Crippen LogP contribution is 2.32. The third-order valence-corrected chi connectivity index (χ3v) is 4.75. The number of methoxy groups -OCH3 is 1. The highest BCUT2D eigenvalue weighted by Gasteiger charge is 2.59. The molecule has 1 aromatic rings. The second-order valence-corrected chi connectivity index (χ2v) is 6.88. The summed E-state index contributed by atoms with van der Waals surface area (Å²) in [4.78, 5) is 23.1. The smallest absolute Gasteiger partial charge is 0.350 e. The normalized spacial score (nSPS) is 27.6. The van der Waals surface area contributed by atoms with E-state index in [1.54, 1.807) is 19.1 Å². The zero-order valence-electron chi connectivity index (χ0n) is 12.7. The van der Waals surface area contributed by atoms with Crippen LogP contribution in [-0.4, -0.2) is 50.4 Å². The molecule has 1 aromatic carbocycles. The van der Waals surface area contributed by atoms with Gasteiger partial charge in [0, 0.05) is 0 Å². The zero-order valence-corrected chi connectivity index (χ0v) is 13.5. The molecule has 0 bridgehead atoms. The second-order valence-electron chi connectivity index (χ2n) is 5.31. The summed E-state index contributed by atoms with van der Waals surface area (Å²) in [6.07, 6.45) is -3.55. The van der Waals surface area contributed by atoms with E-state index in [0.29, 0.717) is 0 Å². The van der Waals surface area contributed by atoms with Gasteiger partial charge in [0.05, 0.1) is 12.0 Å². The second kappa shape index (κ2) is 5.91. The Bertz CT molecular complexity index is 720. The van der Waals surface area contributed by atoms with Gasteiger partial charge in [-0.05, 0) is 26.0 Å². The summed E-state index contributed by atoms with van der Waals surface area (Å²) in [5.74, 6) is -2.18. The standard InChI is InChI=1S/C14H16O8S/c1-8-4-6-9(7-5-8)23(18,19)22-11-13(16)21-10(12(15)20-3)14(11,2)17/h4-7,10-11,17H,1-3H3/t10-,11-,14+/m0/s1. The molecular weight excluding hydrogens is 328 g/mol. The van der Waals surface area contributed by atoms with Crippen LogP contribution in [0, 0.1) is 6.92 Å². The number of hydrogen-bond donors (Lipinski definition) is 1. The fourth-order valence-electron chi connectivity index (χ4n) is 2.09. The van der Waals surface area contributed by atoms with Crippen LogP contribution in [0.25, 0.3) is 0 Å². The minimum atomic E-state index is -4.33. The fraction of sp³-hybridized carbons (Fsp3) is 0.429. The number of carbonyl (C=O) groups is 2. The number of rotatable bonds is 4. The van der Waals surface area contributed by atoms with E-state index in [2.05, 4.69) is 9.47 Å². The van der Waals surface area contributed by atoms with Gasteiger partial charge in [0.15, 0.2) is 0 Å². The quantitative estimate of drug-likeness (QED) is 0.595. The van der Waals surface area contributed by atoms with Crippen molar-refractivity contribution in [3.8, 4) is 0 Å². The van der Waals surface area contributed by atoms with Crippen LogP contribution in [0.1, 0.15) is 12.5 Å². The van der Waals surface area contributed by atoms with Crippen LogP contribution in [-0.2, 0) is 33.4 Å². The zero-order chi connectivity index (χ0) is 17.4. The van der Waals surface area contributed by atoms with Crippen molar-refractivity contribution in [1.82, 2.24) is 0 Å². The van der Waals surface area contributed by atoms with Gasteiger partial charge >= 0.3 is 11.9 Å². The summed E-state index contributed by atoms with van der Waals surface area (Å²) in [6.45, 7) is 2.84. The number of benzene rings is 1. The maximum Gasteiger partial charge on any atom is 0.350 e. The van der Waals surface area contributed by atoms with Crippen molar-refractivity contribution < 1.29 is 36.8 Å². The predicted octanol–water partition coefficient (Wildman–Crippen LogP) is -0.0817. The van der Waals surface area contributed by atoms with Gasteiger partial charge in [-0.1, -0.05) is 17.7 Å². The minimum Gasteiger partial charge on any atom is -0.466 e. The lowest BCUT2D eigenvalue weighted by Gasteiger charge is -2.24. The molecule has 0 aliphatic carbocycles. The summed E-state index contributed by atoms with van der Waals surface area (Å²) >= 11 is 0. The Hall–Kier alpha value is -1.97. The summed E-state index contributed by atoms with van der Waals surface area (Å²) in [5.41, 5.74) is -1.36. The summed E-state index contributed by atoms with van der Waals surface area (Å²) in [5, 5.41) is 10.3. The van der Waals surface area contributed by atoms with Crippen molar-refractivity contribution in [3.05, 3.63) is 29.8 Å². The van der Waals surface area contributed by atoms with E-state index >= 15 is 0 Å². The number of aryl methyl sites for hydroxylation is 1. The topological polar surface area (TPSA) is 116 Å². The first-order valence-electron chi connectivity index (χ1n) is 6.60. The molecule has 0 spiro atoms. The van der Waals surface area contributed by atoms with Gasteiger partial charge in [-0.15, -0.1) is 0 Å². The molecule has 1 heterocycles. The van der Waals surface area contributed by atoms with E-state index in [9.17, 15) is 23.1 Å². The molecule has 2 rings (SSSR count). The number of aliphatic hydroxyl groups is 1. The third-order valence-electron chi connectivity index (χ3n) is 3.46. The fourth-order valence-corrected chi connectivity index (χ4v) is 3.20. The van der Waals surface area contributed by atoms with Crippen molar-refractivity contribution >= 4 is 22.1 Å². The summed E-state index contributed by atoms with van der Waals surface area (Å²) in [6, 6.07) is 5.71. The van der Waals surface area contributed by atoms with E-state index in [1.165, 1.54) is 12.1 Å². The van der Waals surface area contributed by atoms with Crippen molar-refractivity contribution in [2.75, 3.05) is 7.11 Å². The van der Waals surface area contributed by atoms with Gasteiger partial charge < -0.3 is 14.6 Å². The number of ether oxygens (including phenoxy) is 2. The van der Waals surface area contributed by atoms with Gasteiger partial charge in [0.25, 0.3) is 10.1 Å². The van der Waals surface area contributed by atoms with E-state index in [1.807, 2.05) is 0 Å². The molecule has 8 nitrogen and oxygen atoms in total. The molecule has 0 aromatic heterocycles. The Morgan fingerprint density at radius 1 is 1.30 bits per heavy atom. The van der Waals surface area contributed by atoms with Crippen LogP contribution in [0.15, 0.2) is 29.2 Å². The highest BCUT2D eigenvalue weighted by molar-refractivity contribution is 7.86. The maximum absolute atomic E-state index is 12.2. The van der Waals surface area contributed by atoms with Gasteiger partial charge in [-0.2, -0.15) is 8.42 Å². The number of hydrogen-bond acceptors (Lipinski definition) is 8. The van der Waals surface area contributed by atoms with Crippen LogP contribution in [0.3, 0.4) is 0 Å². The first-order chi connectivity index (χ1) is 10.6. The van der Waals surface area contributed by atoms with Crippen LogP contribution < -0.4 is 0 Å². The van der Waals surface area contributed by atoms with Crippen LogP contribution in [0.5, 0.6) is 0 Å². The Morgan fingerprint density at radius 2 is 1.87 bits per heavy atom. The monoisotopic (exact) mass is 344 g/mol. The molecular formula is C14H16O8S. The van der Waals surface area contributed by atoms with E-state index in [4.69, 9.17) is 4.18 Å². The lowest BCUT2D eigenvalue weighted by molar-refractivity contribution is -0.166. The summed E-state index contributed by atoms with van der Waals surface area (Å²) in [7, 11) is -3.29. The van der Waals surface area contributed by atoms with Gasteiger partial charge in [-0.25, -0.2) is 13.8 Å². The Labute approximate surface area is 133 Å². The maximum atomic E-state index is 12.2. The molecule has 23 heavy (non-hydrogen) atoms. The summed E-state index contributed by atoms with van der Waals surface area (Å²) < 4.78 is 38.4. The number of esters is 2. The molecule has 3 atom stereocenters. The lowest BCUT2D eigenvalue weighted by atomic mass is 9.95. The van der Waals surface area contributed by atoms with Crippen LogP contribution in [0.4, 0.5) is 0 Å². The molecule has 0 unspecified atom stereocenters. The average Bonchev–Trinajstić information content (AvgIpc) is 2.70. The predicted molar refractivity (Wildman–Crippen MR) is 75.8 cm³/mol. The third kappa shape index (κ3) is 3.21. The molecule has 1 aliphatic heterocycles. The molecule has 0 saturated carbocycles. The molecule has 1 fully saturated rings. The molecule has 0 radical (unpaired) electrons. The van der Waals surface area contributed by atoms with E-state index in [0.717, 1.165) is 19.6 Å². The van der Waals surface area contributed by atoms with E-state index < -0.39 is 39.9 Å². The molecule has 0 amide bonds.